The van der Waals surface area contributed by atoms with Crippen molar-refractivity contribution in [2.24, 2.45) is 0 Å². The van der Waals surface area contributed by atoms with Crippen LogP contribution < -0.4 is 14.8 Å². The molecule has 0 fully saturated rings. The van der Waals surface area contributed by atoms with Gasteiger partial charge < -0.3 is 14.2 Å². The molecule has 0 atom stereocenters. The average Bonchev–Trinajstić information content (AvgIpc) is 3.21. The number of hydrogen-bond donors (Lipinski definition) is 1. The van der Waals surface area contributed by atoms with Gasteiger partial charge in [0.05, 0.1) is 35.4 Å². The lowest BCUT2D eigenvalue weighted by Gasteiger charge is -2.12. The van der Waals surface area contributed by atoms with Crippen LogP contribution >= 0.6 is 34.5 Å². The lowest BCUT2D eigenvalue weighted by molar-refractivity contribution is -0.385. The Labute approximate surface area is 197 Å². The van der Waals surface area contributed by atoms with Crippen LogP contribution in [0.5, 0.6) is 11.5 Å². The number of hydrogen-bond acceptors (Lipinski definition) is 8. The molecule has 1 amide bonds. The number of rotatable bonds is 9. The number of nitro benzene ring substituents is 1. The highest BCUT2D eigenvalue weighted by molar-refractivity contribution is 7.14. The number of carbonyl (C=O) groups is 1. The molecule has 0 saturated carbocycles. The van der Waals surface area contributed by atoms with E-state index in [0.717, 1.165) is 17.4 Å². The maximum absolute atomic E-state index is 12.8. The minimum atomic E-state index is -0.721. The Balaban J connectivity index is 1.87. The van der Waals surface area contributed by atoms with E-state index in [-0.39, 0.29) is 35.4 Å². The Bertz CT molecular complexity index is 1150. The van der Waals surface area contributed by atoms with Gasteiger partial charge in [-0.2, -0.15) is 0 Å². The number of carbonyl (C=O) groups excluding carboxylic acids is 1. The van der Waals surface area contributed by atoms with Crippen molar-refractivity contribution < 1.29 is 23.9 Å². The number of aromatic nitrogens is 1. The van der Waals surface area contributed by atoms with E-state index < -0.39 is 16.5 Å². The molecule has 0 aliphatic carbocycles. The van der Waals surface area contributed by atoms with E-state index in [0.29, 0.717) is 21.3 Å². The molecule has 3 rings (SSSR count). The molecule has 0 radical (unpaired) electrons. The van der Waals surface area contributed by atoms with Crippen molar-refractivity contribution in [1.29, 1.82) is 0 Å². The quantitative estimate of drug-likeness (QED) is 0.242. The minimum absolute atomic E-state index is 0.127. The van der Waals surface area contributed by atoms with Gasteiger partial charge in [0.15, 0.2) is 16.6 Å². The van der Waals surface area contributed by atoms with Crippen molar-refractivity contribution in [3.05, 3.63) is 61.4 Å². The van der Waals surface area contributed by atoms with Crippen LogP contribution in [0, 0.1) is 10.1 Å². The zero-order valence-corrected chi connectivity index (χ0v) is 19.2. The number of halogens is 2. The third-order valence-electron chi connectivity index (χ3n) is 4.20. The third kappa shape index (κ3) is 5.46. The van der Waals surface area contributed by atoms with Gasteiger partial charge in [-0.1, -0.05) is 23.2 Å². The number of nitro groups is 1. The van der Waals surface area contributed by atoms with Crippen LogP contribution in [0.2, 0.25) is 10.0 Å². The smallest absolute Gasteiger partial charge is 0.286 e. The molecule has 0 unspecified atom stereocenters. The van der Waals surface area contributed by atoms with E-state index in [4.69, 9.17) is 37.4 Å². The van der Waals surface area contributed by atoms with Crippen LogP contribution in [0.15, 0.2) is 35.7 Å². The first-order valence-electron chi connectivity index (χ1n) is 9.04. The van der Waals surface area contributed by atoms with Gasteiger partial charge in [0.1, 0.15) is 12.2 Å². The van der Waals surface area contributed by atoms with E-state index >= 15 is 0 Å². The van der Waals surface area contributed by atoms with E-state index in [1.165, 1.54) is 20.3 Å². The lowest BCUT2D eigenvalue weighted by Crippen LogP contribution is -2.15. The predicted octanol–water partition coefficient (Wildman–Crippen LogP) is 5.31. The molecule has 0 saturated heterocycles. The molecule has 3 aromatic rings. The van der Waals surface area contributed by atoms with Crippen molar-refractivity contribution in [3.8, 4) is 22.8 Å². The zero-order chi connectivity index (χ0) is 23.3. The first-order chi connectivity index (χ1) is 15.3. The highest BCUT2D eigenvalue weighted by Crippen LogP contribution is 2.36. The van der Waals surface area contributed by atoms with Crippen LogP contribution in [0.3, 0.4) is 0 Å². The van der Waals surface area contributed by atoms with Crippen molar-refractivity contribution in [3.63, 3.8) is 0 Å². The van der Waals surface area contributed by atoms with Crippen LogP contribution in [0.25, 0.3) is 11.3 Å². The fourth-order valence-electron chi connectivity index (χ4n) is 2.71. The number of ether oxygens (including phenoxy) is 3. The Morgan fingerprint density at radius 3 is 2.62 bits per heavy atom. The van der Waals surface area contributed by atoms with Gasteiger partial charge in [0, 0.05) is 29.1 Å². The van der Waals surface area contributed by atoms with Crippen molar-refractivity contribution in [1.82, 2.24) is 4.98 Å². The fourth-order valence-corrected chi connectivity index (χ4v) is 3.92. The van der Waals surface area contributed by atoms with E-state index in [1.54, 1.807) is 23.6 Å². The monoisotopic (exact) mass is 497 g/mol. The normalized spacial score (nSPS) is 10.6. The largest absolute Gasteiger partial charge is 0.493 e. The average molecular weight is 498 g/mol. The van der Waals surface area contributed by atoms with Gasteiger partial charge >= 0.3 is 0 Å². The van der Waals surface area contributed by atoms with Gasteiger partial charge in [0.2, 0.25) is 0 Å². The number of nitrogens with zero attached hydrogens (tertiary/aromatic N) is 2. The second kappa shape index (κ2) is 10.6. The van der Waals surface area contributed by atoms with Crippen LogP contribution in [-0.4, -0.2) is 43.2 Å². The first-order valence-corrected chi connectivity index (χ1v) is 10.7. The summed E-state index contributed by atoms with van der Waals surface area (Å²) in [5, 5.41) is 17.0. The summed E-state index contributed by atoms with van der Waals surface area (Å²) >= 11 is 13.3. The number of thiazole rings is 1. The molecule has 1 heterocycles. The summed E-state index contributed by atoms with van der Waals surface area (Å²) in [5.74, 6) is -0.423. The maximum atomic E-state index is 12.8. The van der Waals surface area contributed by atoms with Gasteiger partial charge in [-0.15, -0.1) is 11.3 Å². The number of amides is 1. The standard InChI is InChI=1S/C20H17Cl2N3O6S/c1-29-5-6-31-18-9-16(25(27)28)13(8-17(18)30-2)19(26)24-20-23-15(10-32-20)12-4-3-11(21)7-14(12)22/h3-4,7-10H,5-6H2,1-2H3,(H,23,24,26). The highest BCUT2D eigenvalue weighted by atomic mass is 35.5. The van der Waals surface area contributed by atoms with Gasteiger partial charge in [-0.05, 0) is 18.2 Å². The molecular weight excluding hydrogens is 481 g/mol. The van der Waals surface area contributed by atoms with Gasteiger partial charge in [-0.25, -0.2) is 4.98 Å². The molecule has 0 bridgehead atoms. The predicted molar refractivity (Wildman–Crippen MR) is 123 cm³/mol. The number of nitrogens with one attached hydrogen (secondary N) is 1. The molecule has 1 N–H and O–H groups in total. The van der Waals surface area contributed by atoms with Crippen LogP contribution in [-0.2, 0) is 4.74 Å². The van der Waals surface area contributed by atoms with Crippen molar-refractivity contribution in [2.75, 3.05) is 32.8 Å². The molecule has 0 aliphatic rings. The summed E-state index contributed by atoms with van der Waals surface area (Å²) in [6, 6.07) is 7.36. The second-order valence-electron chi connectivity index (χ2n) is 6.23. The second-order valence-corrected chi connectivity index (χ2v) is 7.94. The zero-order valence-electron chi connectivity index (χ0n) is 16.9. The molecule has 168 valence electrons. The van der Waals surface area contributed by atoms with E-state index in [9.17, 15) is 14.9 Å². The maximum Gasteiger partial charge on any atom is 0.286 e. The van der Waals surface area contributed by atoms with Gasteiger partial charge in [0.25, 0.3) is 11.6 Å². The first kappa shape index (κ1) is 23.7. The Kier molecular flexibility index (Phi) is 7.86. The highest BCUT2D eigenvalue weighted by Gasteiger charge is 2.25. The lowest BCUT2D eigenvalue weighted by atomic mass is 10.1. The summed E-state index contributed by atoms with van der Waals surface area (Å²) in [4.78, 5) is 28.1. The molecule has 0 spiro atoms. The molecule has 32 heavy (non-hydrogen) atoms. The number of anilines is 1. The van der Waals surface area contributed by atoms with Crippen molar-refractivity contribution >= 4 is 51.3 Å². The van der Waals surface area contributed by atoms with Crippen molar-refractivity contribution in [2.45, 2.75) is 0 Å². The molecule has 2 aromatic carbocycles. The van der Waals surface area contributed by atoms with E-state index in [1.807, 2.05) is 0 Å². The molecule has 0 aliphatic heterocycles. The van der Waals surface area contributed by atoms with Crippen LogP contribution in [0.1, 0.15) is 10.4 Å². The molecular formula is C20H17Cl2N3O6S. The summed E-state index contributed by atoms with van der Waals surface area (Å²) in [7, 11) is 2.87. The van der Waals surface area contributed by atoms with E-state index in [2.05, 4.69) is 10.3 Å². The summed E-state index contributed by atoms with van der Waals surface area (Å²) in [6.45, 7) is 0.438. The molecule has 12 heteroatoms. The SMILES string of the molecule is COCCOc1cc([N+](=O)[O-])c(C(=O)Nc2nc(-c3ccc(Cl)cc3Cl)cs2)cc1OC. The minimum Gasteiger partial charge on any atom is -0.493 e. The summed E-state index contributed by atoms with van der Waals surface area (Å²) in [6.07, 6.45) is 0. The fraction of sp³-hybridized carbons (Fsp3) is 0.200. The van der Waals surface area contributed by atoms with Gasteiger partial charge in [-0.3, -0.25) is 20.2 Å². The third-order valence-corrected chi connectivity index (χ3v) is 5.51. The number of methoxy groups -OCH3 is 2. The summed E-state index contributed by atoms with van der Waals surface area (Å²) in [5.41, 5.74) is 0.527. The Morgan fingerprint density at radius 2 is 1.97 bits per heavy atom. The Morgan fingerprint density at radius 1 is 1.19 bits per heavy atom. The summed E-state index contributed by atoms with van der Waals surface area (Å²) < 4.78 is 15.6. The van der Waals surface area contributed by atoms with Crippen LogP contribution in [0.4, 0.5) is 10.8 Å². The molecule has 1 aromatic heterocycles. The molecule has 9 nitrogen and oxygen atoms in total. The number of benzene rings is 2. The topological polar surface area (TPSA) is 113 Å². The Hall–Kier alpha value is -2.92.